The van der Waals surface area contributed by atoms with Crippen molar-refractivity contribution < 1.29 is 23.4 Å². The van der Waals surface area contributed by atoms with Gasteiger partial charge in [-0.3, -0.25) is 9.78 Å². The number of amides is 1. The fraction of sp³-hybridized carbons (Fsp3) is 0.348. The maximum absolute atomic E-state index is 13.3. The molecule has 0 fully saturated rings. The highest BCUT2D eigenvalue weighted by atomic mass is 35.5. The number of aromatic nitrogens is 1. The quantitative estimate of drug-likeness (QED) is 0.0757. The Morgan fingerprint density at radius 1 is 0.833 bits per heavy atom. The molecule has 1 atom stereocenters. The second-order valence-electron chi connectivity index (χ2n) is 14.0. The van der Waals surface area contributed by atoms with Gasteiger partial charge in [0.25, 0.3) is 0 Å². The van der Waals surface area contributed by atoms with Gasteiger partial charge in [0, 0.05) is 36.6 Å². The van der Waals surface area contributed by atoms with Crippen molar-refractivity contribution in [3.8, 4) is 11.5 Å². The van der Waals surface area contributed by atoms with Crippen LogP contribution in [-0.2, 0) is 33.4 Å². The number of methoxy groups -OCH3 is 3. The minimum atomic E-state index is -0.574. The Hall–Kier alpha value is -4.72. The van der Waals surface area contributed by atoms with E-state index in [4.69, 9.17) is 19.2 Å². The summed E-state index contributed by atoms with van der Waals surface area (Å²) < 4.78 is 31.0. The Kier molecular flexibility index (Phi) is 14.3. The van der Waals surface area contributed by atoms with Gasteiger partial charge in [-0.05, 0) is 110 Å². The lowest BCUT2D eigenvalue weighted by atomic mass is 9.68. The van der Waals surface area contributed by atoms with Crippen molar-refractivity contribution in [1.82, 2.24) is 10.3 Å². The zero-order valence-corrected chi connectivity index (χ0v) is 32.4. The number of pyridine rings is 1. The van der Waals surface area contributed by atoms with Gasteiger partial charge in [0.2, 0.25) is 5.91 Å². The molecule has 6 nitrogen and oxygen atoms in total. The van der Waals surface area contributed by atoms with Gasteiger partial charge in [-0.1, -0.05) is 84.9 Å². The maximum Gasteiger partial charge on any atom is 0.220 e. The van der Waals surface area contributed by atoms with Gasteiger partial charge in [-0.25, -0.2) is 4.39 Å². The largest absolute Gasteiger partial charge is 0.493 e. The molecular formula is C46H52ClFN2O4. The number of halogens is 2. The van der Waals surface area contributed by atoms with Crippen LogP contribution in [0.4, 0.5) is 4.39 Å². The second-order valence-corrected chi connectivity index (χ2v) is 14.0. The predicted octanol–water partition coefficient (Wildman–Crippen LogP) is 10.2. The van der Waals surface area contributed by atoms with Crippen molar-refractivity contribution in [2.75, 3.05) is 27.9 Å². The summed E-state index contributed by atoms with van der Waals surface area (Å²) in [6.07, 6.45) is 12.5. The third-order valence-corrected chi connectivity index (χ3v) is 10.8. The van der Waals surface area contributed by atoms with Crippen LogP contribution in [-0.4, -0.2) is 38.8 Å². The van der Waals surface area contributed by atoms with Crippen molar-refractivity contribution in [3.05, 3.63) is 149 Å². The van der Waals surface area contributed by atoms with Crippen LogP contribution in [0.2, 0.25) is 0 Å². The van der Waals surface area contributed by atoms with E-state index < -0.39 is 5.60 Å². The van der Waals surface area contributed by atoms with Crippen LogP contribution < -0.4 is 14.8 Å². The standard InChI is InChI=1S/C46H51FN2O4.ClH/c1-51-41-31-35-32-43(46(53-3)28-11-6-12-29-46)49-40(39(35)33-42(41)52-2)19-13-26-45(36-15-7-4-8-16-36,37-17-9-5-10-18-37)27-14-30-48-44(50)25-22-34-20-23-38(47)24-21-34;/h4-5,7-11,15-18,20-21,23-24,28,31-33H,6,12-14,19,22,25-27,29-30H2,1-3H3,(H,48,50);1H. The van der Waals surface area contributed by atoms with Crippen LogP contribution in [0.15, 0.2) is 115 Å². The fourth-order valence-electron chi connectivity index (χ4n) is 7.94. The van der Waals surface area contributed by atoms with Crippen molar-refractivity contribution in [3.63, 3.8) is 0 Å². The SMILES string of the molecule is COc1cc2cc(C3(OC)C=CCCC3)nc(CCCC(CCCNC(=O)CCc3ccc(F)cc3)(c3ccccc3)c3ccccc3)c2cc1OC.Cl. The van der Waals surface area contributed by atoms with Crippen LogP contribution in [0.3, 0.4) is 0 Å². The topological polar surface area (TPSA) is 69.7 Å². The molecule has 1 aliphatic carbocycles. The first-order valence-electron chi connectivity index (χ1n) is 18.8. The number of aryl methyl sites for hydroxylation is 2. The summed E-state index contributed by atoms with van der Waals surface area (Å²) in [6, 6.07) is 34.1. The molecule has 1 unspecified atom stereocenters. The number of nitrogens with one attached hydrogen (secondary N) is 1. The number of nitrogens with zero attached hydrogens (tertiary/aromatic N) is 1. The van der Waals surface area contributed by atoms with E-state index in [0.29, 0.717) is 30.9 Å². The number of fused-ring (bicyclic) bond motifs is 1. The third kappa shape index (κ3) is 9.31. The molecule has 8 heteroatoms. The van der Waals surface area contributed by atoms with Crippen LogP contribution >= 0.6 is 12.4 Å². The highest BCUT2D eigenvalue weighted by molar-refractivity contribution is 5.88. The van der Waals surface area contributed by atoms with E-state index in [1.54, 1.807) is 33.5 Å². The molecule has 0 radical (unpaired) electrons. The Bertz CT molecular complexity index is 1950. The molecule has 1 amide bonds. The molecule has 1 aliphatic rings. The molecule has 6 rings (SSSR count). The molecule has 54 heavy (non-hydrogen) atoms. The molecule has 5 aromatic rings. The number of carbonyl (C=O) groups is 1. The Balaban J connectivity index is 0.00000561. The zero-order valence-electron chi connectivity index (χ0n) is 31.6. The van der Waals surface area contributed by atoms with Crippen molar-refractivity contribution >= 4 is 29.1 Å². The average Bonchev–Trinajstić information content (AvgIpc) is 3.21. The van der Waals surface area contributed by atoms with Gasteiger partial charge in [0.1, 0.15) is 11.4 Å². The zero-order chi connectivity index (χ0) is 37.1. The summed E-state index contributed by atoms with van der Waals surface area (Å²) in [7, 11) is 5.11. The normalized spacial score (nSPS) is 15.4. The van der Waals surface area contributed by atoms with Gasteiger partial charge in [0.15, 0.2) is 11.5 Å². The van der Waals surface area contributed by atoms with Gasteiger partial charge in [0.05, 0.1) is 19.9 Å². The van der Waals surface area contributed by atoms with Crippen LogP contribution in [0.5, 0.6) is 11.5 Å². The van der Waals surface area contributed by atoms with Gasteiger partial charge < -0.3 is 19.5 Å². The highest BCUT2D eigenvalue weighted by Gasteiger charge is 2.35. The lowest BCUT2D eigenvalue weighted by Gasteiger charge is -2.36. The summed E-state index contributed by atoms with van der Waals surface area (Å²) in [5.74, 6) is 1.10. The lowest BCUT2D eigenvalue weighted by Crippen LogP contribution is -2.31. The molecule has 0 saturated carbocycles. The van der Waals surface area contributed by atoms with Gasteiger partial charge in [-0.15, -0.1) is 12.4 Å². The molecule has 1 N–H and O–H groups in total. The first-order chi connectivity index (χ1) is 25.9. The van der Waals surface area contributed by atoms with E-state index in [0.717, 1.165) is 79.1 Å². The molecule has 1 heterocycles. The van der Waals surface area contributed by atoms with E-state index in [9.17, 15) is 9.18 Å². The van der Waals surface area contributed by atoms with E-state index in [1.807, 2.05) is 6.07 Å². The smallest absolute Gasteiger partial charge is 0.220 e. The predicted molar refractivity (Wildman–Crippen MR) is 217 cm³/mol. The molecule has 4 aromatic carbocycles. The lowest BCUT2D eigenvalue weighted by molar-refractivity contribution is -0.121. The molecular weight excluding hydrogens is 699 g/mol. The van der Waals surface area contributed by atoms with Crippen molar-refractivity contribution in [2.24, 2.45) is 0 Å². The summed E-state index contributed by atoms with van der Waals surface area (Å²) in [4.78, 5) is 18.2. The summed E-state index contributed by atoms with van der Waals surface area (Å²) >= 11 is 0. The number of ether oxygens (including phenoxy) is 3. The molecule has 0 spiro atoms. The first kappa shape index (κ1) is 40.5. The van der Waals surface area contributed by atoms with E-state index >= 15 is 0 Å². The molecule has 284 valence electrons. The van der Waals surface area contributed by atoms with Gasteiger partial charge in [-0.2, -0.15) is 0 Å². The number of carbonyl (C=O) groups excluding carboxylic acids is 1. The first-order valence-corrected chi connectivity index (χ1v) is 18.8. The Morgan fingerprint density at radius 3 is 2.09 bits per heavy atom. The van der Waals surface area contributed by atoms with E-state index in [1.165, 1.54) is 23.3 Å². The Morgan fingerprint density at radius 2 is 1.48 bits per heavy atom. The van der Waals surface area contributed by atoms with Crippen LogP contribution in [0.1, 0.15) is 79.4 Å². The molecule has 0 bridgehead atoms. The highest BCUT2D eigenvalue weighted by Crippen LogP contribution is 2.43. The Labute approximate surface area is 325 Å². The minimum Gasteiger partial charge on any atom is -0.493 e. The maximum atomic E-state index is 13.3. The number of hydrogen-bond donors (Lipinski definition) is 1. The summed E-state index contributed by atoms with van der Waals surface area (Å²) in [6.45, 7) is 0.576. The number of benzene rings is 4. The number of rotatable bonds is 17. The van der Waals surface area contributed by atoms with Gasteiger partial charge >= 0.3 is 0 Å². The fourth-order valence-corrected chi connectivity index (χ4v) is 7.94. The van der Waals surface area contributed by atoms with Crippen LogP contribution in [0, 0.1) is 5.82 Å². The van der Waals surface area contributed by atoms with Crippen LogP contribution in [0.25, 0.3) is 10.8 Å². The number of hydrogen-bond acceptors (Lipinski definition) is 5. The van der Waals surface area contributed by atoms with Crippen molar-refractivity contribution in [2.45, 2.75) is 75.2 Å². The second kappa shape index (κ2) is 19.0. The molecule has 0 aliphatic heterocycles. The summed E-state index contributed by atoms with van der Waals surface area (Å²) in [5, 5.41) is 5.24. The summed E-state index contributed by atoms with van der Waals surface area (Å²) in [5.41, 5.74) is 4.54. The average molecular weight is 751 g/mol. The molecule has 1 aromatic heterocycles. The number of allylic oxidation sites excluding steroid dienone is 1. The monoisotopic (exact) mass is 750 g/mol. The van der Waals surface area contributed by atoms with E-state index in [2.05, 4.69) is 90.3 Å². The third-order valence-electron chi connectivity index (χ3n) is 10.8. The van der Waals surface area contributed by atoms with E-state index in [-0.39, 0.29) is 29.5 Å². The molecule has 0 saturated heterocycles. The minimum absolute atomic E-state index is 0. The van der Waals surface area contributed by atoms with Crippen molar-refractivity contribution in [1.29, 1.82) is 0 Å².